The number of nitrogens with zero attached hydrogens (tertiary/aromatic N) is 1. The van der Waals surface area contributed by atoms with Crippen molar-refractivity contribution in [1.82, 2.24) is 10.3 Å². The third-order valence-corrected chi connectivity index (χ3v) is 3.21. The number of hydrogen-bond donors (Lipinski definition) is 2. The van der Waals surface area contributed by atoms with Gasteiger partial charge in [-0.15, -0.1) is 0 Å². The maximum atomic E-state index is 13.1. The van der Waals surface area contributed by atoms with E-state index in [0.717, 1.165) is 0 Å². The van der Waals surface area contributed by atoms with Gasteiger partial charge in [0.25, 0.3) is 0 Å². The van der Waals surface area contributed by atoms with E-state index in [2.05, 4.69) is 10.3 Å². The largest absolute Gasteiger partial charge is 0.476 e. The van der Waals surface area contributed by atoms with E-state index in [1.165, 1.54) is 24.4 Å². The van der Waals surface area contributed by atoms with E-state index in [0.29, 0.717) is 16.5 Å². The van der Waals surface area contributed by atoms with Crippen LogP contribution in [0, 0.1) is 5.82 Å². The molecule has 1 aromatic carbocycles. The molecule has 5 nitrogen and oxygen atoms in total. The molecule has 0 aliphatic carbocycles. The van der Waals surface area contributed by atoms with Crippen LogP contribution in [0.4, 0.5) is 4.39 Å². The number of amides is 1. The fourth-order valence-corrected chi connectivity index (χ4v) is 1.98. The number of aromatic nitrogens is 1. The molecule has 0 aliphatic heterocycles. The molecule has 1 atom stereocenters. The summed E-state index contributed by atoms with van der Waals surface area (Å²) >= 11 is 5.70. The first-order chi connectivity index (χ1) is 11.0. The number of aliphatic hydroxyl groups is 1. The Labute approximate surface area is 138 Å². The van der Waals surface area contributed by atoms with E-state index in [4.69, 9.17) is 16.3 Å². The van der Waals surface area contributed by atoms with Crippen molar-refractivity contribution in [1.29, 1.82) is 0 Å². The molecule has 0 fully saturated rings. The summed E-state index contributed by atoms with van der Waals surface area (Å²) in [7, 11) is 0. The smallest absolute Gasteiger partial charge is 0.223 e. The van der Waals surface area contributed by atoms with Crippen LogP contribution in [-0.4, -0.2) is 29.1 Å². The van der Waals surface area contributed by atoms with E-state index in [1.807, 2.05) is 0 Å². The molecule has 0 saturated carbocycles. The van der Waals surface area contributed by atoms with Gasteiger partial charge in [-0.1, -0.05) is 23.7 Å². The number of benzene rings is 1. The second-order valence-electron chi connectivity index (χ2n) is 4.79. The van der Waals surface area contributed by atoms with Crippen molar-refractivity contribution in [3.63, 3.8) is 0 Å². The normalized spacial score (nSPS) is 11.8. The molecular weight excluding hydrogens is 323 g/mol. The van der Waals surface area contributed by atoms with E-state index in [-0.39, 0.29) is 25.5 Å². The van der Waals surface area contributed by atoms with Crippen LogP contribution in [0.5, 0.6) is 5.88 Å². The Hall–Kier alpha value is -2.18. The lowest BCUT2D eigenvalue weighted by Crippen LogP contribution is -2.29. The molecule has 2 N–H and O–H groups in total. The van der Waals surface area contributed by atoms with Gasteiger partial charge in [0.15, 0.2) is 0 Å². The molecule has 0 spiro atoms. The second kappa shape index (κ2) is 8.45. The summed E-state index contributed by atoms with van der Waals surface area (Å²) in [4.78, 5) is 15.7. The Morgan fingerprint density at radius 2 is 2.22 bits per heavy atom. The van der Waals surface area contributed by atoms with E-state index in [1.54, 1.807) is 18.2 Å². The molecule has 2 aromatic rings. The Morgan fingerprint density at radius 1 is 1.39 bits per heavy atom. The molecule has 7 heteroatoms. The van der Waals surface area contributed by atoms with Gasteiger partial charge in [-0.3, -0.25) is 4.79 Å². The molecule has 2 rings (SSSR count). The highest BCUT2D eigenvalue weighted by atomic mass is 35.5. The number of rotatable bonds is 7. The van der Waals surface area contributed by atoms with Gasteiger partial charge in [-0.2, -0.15) is 0 Å². The summed E-state index contributed by atoms with van der Waals surface area (Å²) < 4.78 is 18.4. The minimum atomic E-state index is -1.05. The molecule has 122 valence electrons. The number of nitrogens with one attached hydrogen (secondary N) is 1. The van der Waals surface area contributed by atoms with Gasteiger partial charge in [0.1, 0.15) is 12.4 Å². The van der Waals surface area contributed by atoms with Crippen molar-refractivity contribution < 1.29 is 19.0 Å². The maximum Gasteiger partial charge on any atom is 0.223 e. The highest BCUT2D eigenvalue weighted by molar-refractivity contribution is 6.30. The first-order valence-electron chi connectivity index (χ1n) is 6.99. The predicted molar refractivity (Wildman–Crippen MR) is 83.7 cm³/mol. The molecule has 0 radical (unpaired) electrons. The predicted octanol–water partition coefficient (Wildman–Crippen LogP) is 2.49. The zero-order valence-electron chi connectivity index (χ0n) is 12.2. The molecule has 0 bridgehead atoms. The Bertz CT molecular complexity index is 652. The minimum Gasteiger partial charge on any atom is -0.476 e. The summed E-state index contributed by atoms with van der Waals surface area (Å²) in [5.41, 5.74) is 0.363. The quantitative estimate of drug-likeness (QED) is 0.761. The highest BCUT2D eigenvalue weighted by Gasteiger charge is 2.13. The third-order valence-electron chi connectivity index (χ3n) is 2.99. The zero-order chi connectivity index (χ0) is 16.7. The highest BCUT2D eigenvalue weighted by Crippen LogP contribution is 2.17. The number of hydrogen-bond acceptors (Lipinski definition) is 4. The Morgan fingerprint density at radius 3 is 2.91 bits per heavy atom. The van der Waals surface area contributed by atoms with Crippen LogP contribution in [0.25, 0.3) is 0 Å². The number of pyridine rings is 1. The molecule has 23 heavy (non-hydrogen) atoms. The van der Waals surface area contributed by atoms with Crippen molar-refractivity contribution in [2.24, 2.45) is 0 Å². The molecule has 0 aliphatic rings. The molecule has 1 aromatic heterocycles. The fraction of sp³-hybridized carbons (Fsp3) is 0.250. The first kappa shape index (κ1) is 17.2. The monoisotopic (exact) mass is 338 g/mol. The van der Waals surface area contributed by atoms with Gasteiger partial charge in [-0.25, -0.2) is 9.37 Å². The fourth-order valence-electron chi connectivity index (χ4n) is 1.87. The van der Waals surface area contributed by atoms with Crippen molar-refractivity contribution >= 4 is 17.5 Å². The number of carbonyl (C=O) groups excluding carboxylic acids is 1. The van der Waals surface area contributed by atoms with Gasteiger partial charge in [-0.05, 0) is 23.8 Å². The van der Waals surface area contributed by atoms with Crippen LogP contribution in [0.15, 0.2) is 42.6 Å². The van der Waals surface area contributed by atoms with Crippen LogP contribution < -0.4 is 10.1 Å². The van der Waals surface area contributed by atoms with Gasteiger partial charge in [0, 0.05) is 12.3 Å². The number of halogens is 2. The average molecular weight is 339 g/mol. The summed E-state index contributed by atoms with van der Waals surface area (Å²) in [6, 6.07) is 8.80. The van der Waals surface area contributed by atoms with Gasteiger partial charge in [0.05, 0.1) is 24.1 Å². The lowest BCUT2D eigenvalue weighted by molar-refractivity contribution is -0.123. The summed E-state index contributed by atoms with van der Waals surface area (Å²) in [5.74, 6) is -0.399. The first-order valence-corrected chi connectivity index (χ1v) is 7.37. The molecule has 0 saturated heterocycles. The van der Waals surface area contributed by atoms with Crippen molar-refractivity contribution in [2.75, 3.05) is 13.2 Å². The third kappa shape index (κ3) is 5.84. The van der Waals surface area contributed by atoms with E-state index in [9.17, 15) is 14.3 Å². The standard InChI is InChI=1S/C16H16ClFN2O3/c17-12-4-5-16(20-10-12)23-7-6-19-15(22)9-14(21)11-2-1-3-13(18)8-11/h1-5,8,10,14,21H,6-7,9H2,(H,19,22). The Balaban J connectivity index is 1.69. The van der Waals surface area contributed by atoms with E-state index < -0.39 is 11.9 Å². The lowest BCUT2D eigenvalue weighted by Gasteiger charge is -2.11. The molecule has 1 heterocycles. The zero-order valence-corrected chi connectivity index (χ0v) is 13.0. The molecular formula is C16H16ClFN2O3. The van der Waals surface area contributed by atoms with Gasteiger partial charge < -0.3 is 15.2 Å². The van der Waals surface area contributed by atoms with Crippen LogP contribution in [0.2, 0.25) is 5.02 Å². The van der Waals surface area contributed by atoms with Crippen molar-refractivity contribution in [3.05, 3.63) is 59.0 Å². The Kier molecular flexibility index (Phi) is 6.31. The van der Waals surface area contributed by atoms with Crippen LogP contribution >= 0.6 is 11.6 Å². The number of carbonyl (C=O) groups is 1. The lowest BCUT2D eigenvalue weighted by atomic mass is 10.1. The van der Waals surface area contributed by atoms with Crippen LogP contribution in [0.3, 0.4) is 0 Å². The summed E-state index contributed by atoms with van der Waals surface area (Å²) in [5, 5.41) is 13.0. The second-order valence-corrected chi connectivity index (χ2v) is 5.22. The van der Waals surface area contributed by atoms with Gasteiger partial charge in [0.2, 0.25) is 11.8 Å². The van der Waals surface area contributed by atoms with Gasteiger partial charge >= 0.3 is 0 Å². The van der Waals surface area contributed by atoms with E-state index >= 15 is 0 Å². The van der Waals surface area contributed by atoms with Crippen LogP contribution in [0.1, 0.15) is 18.1 Å². The maximum absolute atomic E-state index is 13.1. The number of ether oxygens (including phenoxy) is 1. The minimum absolute atomic E-state index is 0.150. The topological polar surface area (TPSA) is 71.5 Å². The number of aliphatic hydroxyl groups excluding tert-OH is 1. The summed E-state index contributed by atoms with van der Waals surface area (Å²) in [6.45, 7) is 0.495. The van der Waals surface area contributed by atoms with Crippen molar-refractivity contribution in [3.8, 4) is 5.88 Å². The van der Waals surface area contributed by atoms with Crippen molar-refractivity contribution in [2.45, 2.75) is 12.5 Å². The SMILES string of the molecule is O=C(CC(O)c1cccc(F)c1)NCCOc1ccc(Cl)cn1. The average Bonchev–Trinajstić information content (AvgIpc) is 2.53. The van der Waals surface area contributed by atoms with Crippen LogP contribution in [-0.2, 0) is 4.79 Å². The molecule has 1 unspecified atom stereocenters. The molecule has 1 amide bonds. The summed E-state index contributed by atoms with van der Waals surface area (Å²) in [6.07, 6.45) is 0.262.